The number of likely N-dealkylation sites (N-methyl/N-ethyl adjacent to an activating group) is 1. The van der Waals surface area contributed by atoms with Gasteiger partial charge in [0.05, 0.1) is 12.7 Å². The molecule has 1 aliphatic rings. The van der Waals surface area contributed by atoms with Crippen molar-refractivity contribution in [2.45, 2.75) is 38.8 Å². The number of rotatable bonds is 7. The third-order valence-corrected chi connectivity index (χ3v) is 3.03. The van der Waals surface area contributed by atoms with Gasteiger partial charge < -0.3 is 20.1 Å². The first-order chi connectivity index (χ1) is 8.49. The van der Waals surface area contributed by atoms with E-state index in [0.717, 1.165) is 13.0 Å². The Morgan fingerprint density at radius 1 is 1.50 bits per heavy atom. The van der Waals surface area contributed by atoms with E-state index < -0.39 is 6.10 Å². The van der Waals surface area contributed by atoms with Crippen LogP contribution in [-0.4, -0.2) is 61.4 Å². The molecule has 1 aliphatic heterocycles. The highest BCUT2D eigenvalue weighted by Gasteiger charge is 2.22. The van der Waals surface area contributed by atoms with E-state index in [2.05, 4.69) is 19.2 Å². The molecule has 2 atom stereocenters. The van der Waals surface area contributed by atoms with Crippen LogP contribution in [0, 0.1) is 5.92 Å². The van der Waals surface area contributed by atoms with Crippen LogP contribution in [0.1, 0.15) is 26.7 Å². The van der Waals surface area contributed by atoms with E-state index in [9.17, 15) is 9.90 Å². The Hall–Kier alpha value is -0.650. The molecule has 2 N–H and O–H groups in total. The number of likely N-dealkylation sites (tertiary alicyclic amines) is 1. The van der Waals surface area contributed by atoms with Gasteiger partial charge in [-0.3, -0.25) is 4.79 Å². The molecule has 5 heteroatoms. The lowest BCUT2D eigenvalue weighted by atomic mass is 10.1. The average Bonchev–Trinajstić information content (AvgIpc) is 2.30. The van der Waals surface area contributed by atoms with Gasteiger partial charge in [-0.05, 0) is 12.3 Å². The van der Waals surface area contributed by atoms with Gasteiger partial charge >= 0.3 is 0 Å². The Balaban J connectivity index is 2.11. The van der Waals surface area contributed by atoms with Crippen molar-refractivity contribution in [2.24, 2.45) is 5.92 Å². The monoisotopic (exact) mass is 258 g/mol. The molecular weight excluding hydrogens is 232 g/mol. The molecule has 106 valence electrons. The molecule has 0 radical (unpaired) electrons. The van der Waals surface area contributed by atoms with Crippen molar-refractivity contribution in [1.29, 1.82) is 0 Å². The predicted octanol–water partition coefficient (Wildman–Crippen LogP) is 0.230. The second kappa shape index (κ2) is 7.71. The molecule has 1 amide bonds. The van der Waals surface area contributed by atoms with Gasteiger partial charge in [-0.2, -0.15) is 0 Å². The molecule has 18 heavy (non-hydrogen) atoms. The Morgan fingerprint density at radius 2 is 2.22 bits per heavy atom. The summed E-state index contributed by atoms with van der Waals surface area (Å²) in [4.78, 5) is 13.1. The smallest absolute Gasteiger partial charge is 0.222 e. The van der Waals surface area contributed by atoms with Crippen LogP contribution in [0.25, 0.3) is 0 Å². The summed E-state index contributed by atoms with van der Waals surface area (Å²) in [5.41, 5.74) is 0. The number of aliphatic hydroxyl groups excluding tert-OH is 1. The summed E-state index contributed by atoms with van der Waals surface area (Å²) < 4.78 is 5.38. The van der Waals surface area contributed by atoms with Gasteiger partial charge in [-0.15, -0.1) is 0 Å². The molecule has 0 saturated carbocycles. The molecule has 0 aromatic carbocycles. The first kappa shape index (κ1) is 15.4. The van der Waals surface area contributed by atoms with E-state index in [1.807, 2.05) is 7.05 Å². The van der Waals surface area contributed by atoms with Gasteiger partial charge in [0.25, 0.3) is 0 Å². The molecule has 0 aromatic rings. The van der Waals surface area contributed by atoms with Crippen LogP contribution >= 0.6 is 0 Å². The van der Waals surface area contributed by atoms with Gasteiger partial charge in [0, 0.05) is 39.2 Å². The highest BCUT2D eigenvalue weighted by Crippen LogP contribution is 2.09. The highest BCUT2D eigenvalue weighted by molar-refractivity contribution is 5.76. The summed E-state index contributed by atoms with van der Waals surface area (Å²) in [5.74, 6) is 0.692. The number of nitrogens with one attached hydrogen (secondary N) is 1. The van der Waals surface area contributed by atoms with E-state index >= 15 is 0 Å². The molecule has 0 aromatic heterocycles. The number of hydrogen-bond donors (Lipinski definition) is 2. The lowest BCUT2D eigenvalue weighted by Gasteiger charge is -2.30. The minimum Gasteiger partial charge on any atom is -0.389 e. The van der Waals surface area contributed by atoms with Gasteiger partial charge in [0.15, 0.2) is 0 Å². The van der Waals surface area contributed by atoms with E-state index in [-0.39, 0.29) is 11.9 Å². The second-order valence-electron chi connectivity index (χ2n) is 5.50. The standard InChI is InChI=1S/C13H26N2O3/c1-10(2)8-18-9-12(16)6-14-11-4-5-13(17)15(3)7-11/h10-12,14,16H,4-9H2,1-3H3. The van der Waals surface area contributed by atoms with Gasteiger partial charge in [-0.1, -0.05) is 13.8 Å². The second-order valence-corrected chi connectivity index (χ2v) is 5.50. The fourth-order valence-electron chi connectivity index (χ4n) is 1.98. The molecule has 1 saturated heterocycles. The Morgan fingerprint density at radius 3 is 2.83 bits per heavy atom. The number of piperidine rings is 1. The zero-order valence-electron chi connectivity index (χ0n) is 11.7. The first-order valence-electron chi connectivity index (χ1n) is 6.72. The molecule has 1 heterocycles. The summed E-state index contributed by atoms with van der Waals surface area (Å²) in [7, 11) is 1.82. The number of aliphatic hydroxyl groups is 1. The van der Waals surface area contributed by atoms with E-state index in [4.69, 9.17) is 4.74 Å². The fraction of sp³-hybridized carbons (Fsp3) is 0.923. The van der Waals surface area contributed by atoms with Crippen molar-refractivity contribution >= 4 is 5.91 Å². The number of nitrogens with zero attached hydrogens (tertiary/aromatic N) is 1. The SMILES string of the molecule is CC(C)COCC(O)CNC1CCC(=O)N(C)C1. The summed E-state index contributed by atoms with van der Waals surface area (Å²) in [6.07, 6.45) is 0.961. The number of hydrogen-bond acceptors (Lipinski definition) is 4. The van der Waals surface area contributed by atoms with Crippen LogP contribution in [0.2, 0.25) is 0 Å². The van der Waals surface area contributed by atoms with Crippen LogP contribution in [0.4, 0.5) is 0 Å². The number of carbonyl (C=O) groups excluding carboxylic acids is 1. The summed E-state index contributed by atoms with van der Waals surface area (Å²) in [6, 6.07) is 0.285. The average molecular weight is 258 g/mol. The molecule has 1 rings (SSSR count). The normalized spacial score (nSPS) is 22.6. The minimum atomic E-state index is -0.480. The maximum absolute atomic E-state index is 11.3. The van der Waals surface area contributed by atoms with Crippen molar-refractivity contribution < 1.29 is 14.6 Å². The Bertz CT molecular complexity index is 259. The summed E-state index contributed by atoms with van der Waals surface area (Å²) >= 11 is 0. The lowest BCUT2D eigenvalue weighted by Crippen LogP contribution is -2.48. The number of ether oxygens (including phenoxy) is 1. The van der Waals surface area contributed by atoms with Crippen molar-refractivity contribution in [1.82, 2.24) is 10.2 Å². The first-order valence-corrected chi connectivity index (χ1v) is 6.72. The topological polar surface area (TPSA) is 61.8 Å². The van der Waals surface area contributed by atoms with E-state index in [0.29, 0.717) is 32.1 Å². The predicted molar refractivity (Wildman–Crippen MR) is 70.3 cm³/mol. The molecule has 5 nitrogen and oxygen atoms in total. The lowest BCUT2D eigenvalue weighted by molar-refractivity contribution is -0.132. The maximum atomic E-state index is 11.3. The molecule has 0 aliphatic carbocycles. The van der Waals surface area contributed by atoms with E-state index in [1.54, 1.807) is 4.90 Å². The minimum absolute atomic E-state index is 0.203. The molecular formula is C13H26N2O3. The van der Waals surface area contributed by atoms with Crippen LogP contribution in [-0.2, 0) is 9.53 Å². The van der Waals surface area contributed by atoms with E-state index in [1.165, 1.54) is 0 Å². The van der Waals surface area contributed by atoms with Crippen molar-refractivity contribution in [3.05, 3.63) is 0 Å². The highest BCUT2D eigenvalue weighted by atomic mass is 16.5. The zero-order valence-corrected chi connectivity index (χ0v) is 11.7. The third kappa shape index (κ3) is 5.80. The Labute approximate surface area is 109 Å². The summed E-state index contributed by atoms with van der Waals surface area (Å²) in [6.45, 7) is 6.45. The van der Waals surface area contributed by atoms with Crippen molar-refractivity contribution in [3.63, 3.8) is 0 Å². The molecule has 0 spiro atoms. The van der Waals surface area contributed by atoms with Crippen LogP contribution in [0.3, 0.4) is 0 Å². The Kier molecular flexibility index (Phi) is 6.60. The van der Waals surface area contributed by atoms with Crippen molar-refractivity contribution in [3.8, 4) is 0 Å². The van der Waals surface area contributed by atoms with Gasteiger partial charge in [-0.25, -0.2) is 0 Å². The number of amides is 1. The van der Waals surface area contributed by atoms with Crippen LogP contribution in [0.15, 0.2) is 0 Å². The maximum Gasteiger partial charge on any atom is 0.222 e. The van der Waals surface area contributed by atoms with Crippen LogP contribution < -0.4 is 5.32 Å². The molecule has 1 fully saturated rings. The van der Waals surface area contributed by atoms with Crippen LogP contribution in [0.5, 0.6) is 0 Å². The van der Waals surface area contributed by atoms with Gasteiger partial charge in [0.2, 0.25) is 5.91 Å². The molecule has 0 bridgehead atoms. The zero-order chi connectivity index (χ0) is 13.5. The molecule has 2 unspecified atom stereocenters. The summed E-state index contributed by atoms with van der Waals surface area (Å²) in [5, 5.41) is 13.0. The third-order valence-electron chi connectivity index (χ3n) is 3.03. The largest absolute Gasteiger partial charge is 0.389 e. The van der Waals surface area contributed by atoms with Crippen molar-refractivity contribution in [2.75, 3.05) is 33.4 Å². The fourth-order valence-corrected chi connectivity index (χ4v) is 1.98. The quantitative estimate of drug-likeness (QED) is 0.686. The van der Waals surface area contributed by atoms with Gasteiger partial charge in [0.1, 0.15) is 0 Å². The number of carbonyl (C=O) groups is 1.